The number of nitrogens with zero attached hydrogens (tertiary/aromatic N) is 1. The molecular formula is C25H31NO4. The summed E-state index contributed by atoms with van der Waals surface area (Å²) in [6.07, 6.45) is 4.40. The number of likely N-dealkylation sites (tertiary alicyclic amines) is 1. The summed E-state index contributed by atoms with van der Waals surface area (Å²) in [6.45, 7) is 2.50. The van der Waals surface area contributed by atoms with Gasteiger partial charge < -0.3 is 19.5 Å². The summed E-state index contributed by atoms with van der Waals surface area (Å²) in [6, 6.07) is 13.2. The van der Waals surface area contributed by atoms with E-state index in [1.54, 1.807) is 14.2 Å². The molecule has 4 rings (SSSR count). The van der Waals surface area contributed by atoms with Crippen molar-refractivity contribution in [2.75, 3.05) is 20.8 Å². The molecule has 1 saturated carbocycles. The molecule has 3 atom stereocenters. The topological polar surface area (TPSA) is 59.0 Å². The van der Waals surface area contributed by atoms with Crippen LogP contribution in [0.2, 0.25) is 0 Å². The van der Waals surface area contributed by atoms with E-state index in [4.69, 9.17) is 9.47 Å². The van der Waals surface area contributed by atoms with Crippen LogP contribution in [0.15, 0.2) is 42.5 Å². The lowest BCUT2D eigenvalue weighted by atomic mass is 9.66. The predicted molar refractivity (Wildman–Crippen MR) is 116 cm³/mol. The van der Waals surface area contributed by atoms with Crippen LogP contribution < -0.4 is 9.47 Å². The molecule has 1 N–H and O–H groups in total. The third-order valence-electron chi connectivity index (χ3n) is 6.96. The van der Waals surface area contributed by atoms with Gasteiger partial charge in [0.05, 0.1) is 25.9 Å². The van der Waals surface area contributed by atoms with Crippen LogP contribution in [-0.4, -0.2) is 42.3 Å². The first kappa shape index (κ1) is 20.7. The highest BCUT2D eigenvalue weighted by atomic mass is 16.5. The fraction of sp³-hybridized carbons (Fsp3) is 0.480. The maximum atomic E-state index is 13.7. The predicted octanol–water partition coefficient (Wildman–Crippen LogP) is 4.52. The van der Waals surface area contributed by atoms with Crippen molar-refractivity contribution in [3.8, 4) is 11.5 Å². The minimum absolute atomic E-state index is 0.0172. The third-order valence-corrected chi connectivity index (χ3v) is 6.96. The van der Waals surface area contributed by atoms with Gasteiger partial charge in [0, 0.05) is 29.7 Å². The standard InChI is InChI=1S/C25H31NO4/c1-17-8-4-5-9-19(17)24(27)26-15-14-25(28)13-7-6-10-21(25)23(26)20-12-11-18(29-2)16-22(20)30-3/h4-5,8-9,11-12,16,21,23,28H,6-7,10,13-15H2,1-3H3. The van der Waals surface area contributed by atoms with E-state index in [2.05, 4.69) is 0 Å². The Hall–Kier alpha value is -2.53. The van der Waals surface area contributed by atoms with E-state index in [0.29, 0.717) is 24.5 Å². The van der Waals surface area contributed by atoms with Gasteiger partial charge in [-0.1, -0.05) is 31.0 Å². The number of aliphatic hydroxyl groups is 1. The van der Waals surface area contributed by atoms with Gasteiger partial charge in [-0.2, -0.15) is 0 Å². The second-order valence-corrected chi connectivity index (χ2v) is 8.57. The maximum absolute atomic E-state index is 13.7. The number of benzene rings is 2. The monoisotopic (exact) mass is 409 g/mol. The molecule has 2 fully saturated rings. The summed E-state index contributed by atoms with van der Waals surface area (Å²) in [7, 11) is 3.27. The molecule has 1 heterocycles. The van der Waals surface area contributed by atoms with E-state index in [1.165, 1.54) is 0 Å². The normalized spacial score (nSPS) is 26.1. The third kappa shape index (κ3) is 3.56. The van der Waals surface area contributed by atoms with Crippen molar-refractivity contribution in [3.63, 3.8) is 0 Å². The lowest BCUT2D eigenvalue weighted by Crippen LogP contribution is -2.56. The highest BCUT2D eigenvalue weighted by Gasteiger charge is 2.51. The molecule has 30 heavy (non-hydrogen) atoms. The smallest absolute Gasteiger partial charge is 0.254 e. The SMILES string of the molecule is COc1ccc(C2C3CCCCC3(O)CCN2C(=O)c2ccccc2C)c(OC)c1. The van der Waals surface area contributed by atoms with Crippen LogP contribution in [0.5, 0.6) is 11.5 Å². The van der Waals surface area contributed by atoms with Crippen LogP contribution in [0.4, 0.5) is 0 Å². The number of methoxy groups -OCH3 is 2. The molecular weight excluding hydrogens is 378 g/mol. The van der Waals surface area contributed by atoms with Crippen molar-refractivity contribution in [1.29, 1.82) is 0 Å². The van der Waals surface area contributed by atoms with Crippen LogP contribution in [0.3, 0.4) is 0 Å². The molecule has 3 unspecified atom stereocenters. The van der Waals surface area contributed by atoms with Crippen molar-refractivity contribution in [3.05, 3.63) is 59.2 Å². The Kier molecular flexibility index (Phi) is 5.74. The number of carbonyl (C=O) groups is 1. The summed E-state index contributed by atoms with van der Waals surface area (Å²) in [5.74, 6) is 1.40. The van der Waals surface area contributed by atoms with Gasteiger partial charge in [0.25, 0.3) is 5.91 Å². The van der Waals surface area contributed by atoms with Gasteiger partial charge >= 0.3 is 0 Å². The van der Waals surface area contributed by atoms with Crippen molar-refractivity contribution in [2.45, 2.75) is 50.7 Å². The van der Waals surface area contributed by atoms with E-state index in [-0.39, 0.29) is 17.9 Å². The van der Waals surface area contributed by atoms with Crippen LogP contribution in [0.1, 0.15) is 59.6 Å². The Balaban J connectivity index is 1.82. The molecule has 0 aromatic heterocycles. The van der Waals surface area contributed by atoms with Crippen molar-refractivity contribution < 1.29 is 19.4 Å². The van der Waals surface area contributed by atoms with E-state index < -0.39 is 5.60 Å². The van der Waals surface area contributed by atoms with E-state index >= 15 is 0 Å². The van der Waals surface area contributed by atoms with Gasteiger partial charge in [-0.05, 0) is 49.9 Å². The number of hydrogen-bond donors (Lipinski definition) is 1. The Morgan fingerprint density at radius 1 is 1.10 bits per heavy atom. The number of aryl methyl sites for hydroxylation is 1. The largest absolute Gasteiger partial charge is 0.497 e. The van der Waals surface area contributed by atoms with Gasteiger partial charge in [0.2, 0.25) is 0 Å². The molecule has 0 spiro atoms. The number of amides is 1. The summed E-state index contributed by atoms with van der Waals surface area (Å²) in [5, 5.41) is 11.5. The van der Waals surface area contributed by atoms with Crippen molar-refractivity contribution in [1.82, 2.24) is 4.90 Å². The molecule has 2 aromatic rings. The molecule has 1 aliphatic carbocycles. The van der Waals surface area contributed by atoms with Gasteiger partial charge in [0.15, 0.2) is 0 Å². The minimum Gasteiger partial charge on any atom is -0.497 e. The zero-order chi connectivity index (χ0) is 21.3. The van der Waals surface area contributed by atoms with Gasteiger partial charge in [0.1, 0.15) is 11.5 Å². The quantitative estimate of drug-likeness (QED) is 0.807. The Labute approximate surface area is 178 Å². The van der Waals surface area contributed by atoms with Gasteiger partial charge in [-0.15, -0.1) is 0 Å². The Morgan fingerprint density at radius 2 is 1.90 bits per heavy atom. The molecule has 160 valence electrons. The highest BCUT2D eigenvalue weighted by molar-refractivity contribution is 5.96. The molecule has 1 saturated heterocycles. The fourth-order valence-electron chi connectivity index (χ4n) is 5.32. The van der Waals surface area contributed by atoms with Gasteiger partial charge in [-0.3, -0.25) is 4.79 Å². The van der Waals surface area contributed by atoms with Crippen LogP contribution in [0.25, 0.3) is 0 Å². The molecule has 0 radical (unpaired) electrons. The first-order chi connectivity index (χ1) is 14.5. The first-order valence-corrected chi connectivity index (χ1v) is 10.8. The number of ether oxygens (including phenoxy) is 2. The van der Waals surface area contributed by atoms with Crippen LogP contribution in [0, 0.1) is 12.8 Å². The average Bonchev–Trinajstić information content (AvgIpc) is 2.77. The van der Waals surface area contributed by atoms with E-state index in [0.717, 1.165) is 42.4 Å². The number of hydrogen-bond acceptors (Lipinski definition) is 4. The first-order valence-electron chi connectivity index (χ1n) is 10.8. The van der Waals surface area contributed by atoms with E-state index in [1.807, 2.05) is 54.3 Å². The molecule has 1 aliphatic heterocycles. The second kappa shape index (κ2) is 8.31. The summed E-state index contributed by atoms with van der Waals surface area (Å²) < 4.78 is 11.1. The zero-order valence-electron chi connectivity index (χ0n) is 18.1. The zero-order valence-corrected chi connectivity index (χ0v) is 18.1. The number of rotatable bonds is 4. The molecule has 2 aliphatic rings. The molecule has 1 amide bonds. The summed E-state index contributed by atoms with van der Waals surface area (Å²) in [5.41, 5.74) is 1.88. The van der Waals surface area contributed by atoms with Crippen molar-refractivity contribution >= 4 is 5.91 Å². The summed E-state index contributed by atoms with van der Waals surface area (Å²) in [4.78, 5) is 15.6. The Morgan fingerprint density at radius 3 is 2.63 bits per heavy atom. The molecule has 5 nitrogen and oxygen atoms in total. The van der Waals surface area contributed by atoms with Crippen LogP contribution >= 0.6 is 0 Å². The summed E-state index contributed by atoms with van der Waals surface area (Å²) >= 11 is 0. The van der Waals surface area contributed by atoms with Crippen molar-refractivity contribution in [2.24, 2.45) is 5.92 Å². The maximum Gasteiger partial charge on any atom is 0.254 e. The lowest BCUT2D eigenvalue weighted by Gasteiger charge is -2.52. The lowest BCUT2D eigenvalue weighted by molar-refractivity contribution is -0.115. The van der Waals surface area contributed by atoms with Crippen LogP contribution in [-0.2, 0) is 0 Å². The number of fused-ring (bicyclic) bond motifs is 1. The molecule has 0 bridgehead atoms. The number of piperidine rings is 1. The Bertz CT molecular complexity index is 927. The second-order valence-electron chi connectivity index (χ2n) is 8.57. The minimum atomic E-state index is -0.740. The fourth-order valence-corrected chi connectivity index (χ4v) is 5.32. The molecule has 5 heteroatoms. The number of carbonyl (C=O) groups excluding carboxylic acids is 1. The van der Waals surface area contributed by atoms with E-state index in [9.17, 15) is 9.90 Å². The average molecular weight is 410 g/mol. The molecule has 2 aromatic carbocycles. The highest BCUT2D eigenvalue weighted by Crippen LogP contribution is 2.51. The van der Waals surface area contributed by atoms with Gasteiger partial charge in [-0.25, -0.2) is 0 Å².